The van der Waals surface area contributed by atoms with Crippen molar-refractivity contribution in [3.05, 3.63) is 0 Å². The van der Waals surface area contributed by atoms with Crippen molar-refractivity contribution < 1.29 is 4.89 Å². The molecular formula is C18H40OP+. The van der Waals surface area contributed by atoms with Crippen LogP contribution in [-0.4, -0.2) is 23.4 Å². The third-order valence-electron chi connectivity index (χ3n) is 4.44. The molecule has 0 aromatic rings. The molecule has 0 radical (unpaired) electrons. The minimum absolute atomic E-state index is 1.04. The number of hydrogen-bond donors (Lipinski definition) is 1. The summed E-state index contributed by atoms with van der Waals surface area (Å²) in [5, 5.41) is 0. The topological polar surface area (TPSA) is 20.2 Å². The van der Waals surface area contributed by atoms with E-state index in [1.54, 1.807) is 0 Å². The molecule has 0 rings (SSSR count). The molecule has 0 atom stereocenters. The van der Waals surface area contributed by atoms with Gasteiger partial charge in [0.25, 0.3) is 0 Å². The normalized spacial score (nSPS) is 12.0. The van der Waals surface area contributed by atoms with Gasteiger partial charge in [0.15, 0.2) is 0 Å². The van der Waals surface area contributed by atoms with Crippen molar-refractivity contribution >= 4 is 7.49 Å². The fourth-order valence-corrected chi connectivity index (χ4v) is 5.28. The molecule has 0 aliphatic carbocycles. The van der Waals surface area contributed by atoms with Crippen molar-refractivity contribution in [1.29, 1.82) is 0 Å². The molecule has 0 aromatic carbocycles. The molecular weight excluding hydrogens is 263 g/mol. The average Bonchev–Trinajstić information content (AvgIpc) is 2.46. The van der Waals surface area contributed by atoms with E-state index in [-0.39, 0.29) is 0 Å². The lowest BCUT2D eigenvalue weighted by Crippen LogP contribution is -2.06. The third-order valence-corrected chi connectivity index (χ3v) is 7.92. The van der Waals surface area contributed by atoms with Crippen LogP contribution in [0, 0.1) is 0 Å². The number of rotatable bonds is 15. The summed E-state index contributed by atoms with van der Waals surface area (Å²) in [6, 6.07) is 0. The van der Waals surface area contributed by atoms with Crippen molar-refractivity contribution in [3.8, 4) is 0 Å². The van der Waals surface area contributed by atoms with Gasteiger partial charge in [0.1, 0.15) is 7.49 Å². The van der Waals surface area contributed by atoms with Gasteiger partial charge in [-0.05, 0) is 32.6 Å². The first kappa shape index (κ1) is 20.4. The van der Waals surface area contributed by atoms with Crippen LogP contribution in [0.4, 0.5) is 0 Å². The summed E-state index contributed by atoms with van der Waals surface area (Å²) in [4.78, 5) is 10.7. The first-order valence-electron chi connectivity index (χ1n) is 9.27. The van der Waals surface area contributed by atoms with E-state index in [9.17, 15) is 4.89 Å². The third kappa shape index (κ3) is 12.2. The Hall–Kier alpha value is 0.390. The van der Waals surface area contributed by atoms with Gasteiger partial charge in [0.2, 0.25) is 0 Å². The summed E-state index contributed by atoms with van der Waals surface area (Å²) in [7, 11) is -1.56. The molecule has 0 aliphatic heterocycles. The van der Waals surface area contributed by atoms with E-state index in [4.69, 9.17) is 0 Å². The number of unbranched alkanes of at least 4 members (excludes halogenated alkanes) is 10. The summed E-state index contributed by atoms with van der Waals surface area (Å²) in [5.41, 5.74) is 0. The molecule has 122 valence electrons. The molecule has 0 heterocycles. The van der Waals surface area contributed by atoms with Crippen LogP contribution in [0.3, 0.4) is 0 Å². The van der Waals surface area contributed by atoms with Gasteiger partial charge in [-0.2, -0.15) is 0 Å². The van der Waals surface area contributed by atoms with E-state index in [1.807, 2.05) is 0 Å². The quantitative estimate of drug-likeness (QED) is 0.265. The molecule has 0 saturated carbocycles. The summed E-state index contributed by atoms with van der Waals surface area (Å²) in [6.07, 6.45) is 19.4. The molecule has 0 spiro atoms. The molecule has 0 aromatic heterocycles. The van der Waals surface area contributed by atoms with Crippen molar-refractivity contribution in [2.24, 2.45) is 0 Å². The SMILES string of the molecule is CCCCCCCC[P+](O)(CC)CCCCCCCC. The van der Waals surface area contributed by atoms with E-state index >= 15 is 0 Å². The molecule has 0 fully saturated rings. The Balaban J connectivity index is 3.57. The first-order chi connectivity index (χ1) is 9.68. The van der Waals surface area contributed by atoms with Gasteiger partial charge in [-0.1, -0.05) is 65.2 Å². The zero-order valence-corrected chi connectivity index (χ0v) is 15.4. The Morgan fingerprint density at radius 3 is 1.25 bits per heavy atom. The lowest BCUT2D eigenvalue weighted by molar-refractivity contribution is 0.569. The molecule has 2 heteroatoms. The van der Waals surface area contributed by atoms with Crippen LogP contribution in [0.15, 0.2) is 0 Å². The molecule has 0 amide bonds. The van der Waals surface area contributed by atoms with Crippen LogP contribution in [0.25, 0.3) is 0 Å². The predicted molar refractivity (Wildman–Crippen MR) is 96.2 cm³/mol. The molecule has 0 saturated heterocycles. The highest BCUT2D eigenvalue weighted by molar-refractivity contribution is 7.70. The molecule has 20 heavy (non-hydrogen) atoms. The molecule has 0 unspecified atom stereocenters. The van der Waals surface area contributed by atoms with E-state index in [0.717, 1.165) is 18.5 Å². The van der Waals surface area contributed by atoms with Crippen LogP contribution in [0.2, 0.25) is 0 Å². The zero-order valence-electron chi connectivity index (χ0n) is 14.5. The number of hydrogen-bond acceptors (Lipinski definition) is 1. The van der Waals surface area contributed by atoms with E-state index in [0.29, 0.717) is 0 Å². The second kappa shape index (κ2) is 14.3. The Morgan fingerprint density at radius 1 is 0.550 bits per heavy atom. The van der Waals surface area contributed by atoms with Gasteiger partial charge in [0.05, 0.1) is 18.5 Å². The van der Waals surface area contributed by atoms with E-state index < -0.39 is 7.49 Å². The minimum Gasteiger partial charge on any atom is -0.252 e. The molecule has 1 N–H and O–H groups in total. The maximum atomic E-state index is 10.7. The molecule has 1 nitrogen and oxygen atoms in total. The summed E-state index contributed by atoms with van der Waals surface area (Å²) >= 11 is 0. The van der Waals surface area contributed by atoms with Crippen molar-refractivity contribution in [3.63, 3.8) is 0 Å². The second-order valence-electron chi connectivity index (χ2n) is 6.39. The largest absolute Gasteiger partial charge is 0.252 e. The highest BCUT2D eigenvalue weighted by atomic mass is 31.2. The summed E-state index contributed by atoms with van der Waals surface area (Å²) in [6.45, 7) is 6.73. The Bertz CT molecular complexity index is 178. The maximum absolute atomic E-state index is 10.7. The summed E-state index contributed by atoms with van der Waals surface area (Å²) in [5.74, 6) is 0. The fraction of sp³-hybridized carbons (Fsp3) is 1.00. The standard InChI is InChI=1S/C18H40OP/c1-4-7-9-11-13-15-17-20(19,6-3)18-16-14-12-10-8-5-2/h19H,4-18H2,1-3H3/q+1. The first-order valence-corrected chi connectivity index (χ1v) is 11.6. The Kier molecular flexibility index (Phi) is 14.6. The second-order valence-corrected chi connectivity index (χ2v) is 10.1. The Labute approximate surface area is 129 Å². The highest BCUT2D eigenvalue weighted by Gasteiger charge is 2.31. The van der Waals surface area contributed by atoms with E-state index in [1.165, 1.54) is 77.0 Å². The minimum atomic E-state index is -1.56. The van der Waals surface area contributed by atoms with Gasteiger partial charge in [-0.3, -0.25) is 4.89 Å². The lowest BCUT2D eigenvalue weighted by atomic mass is 10.1. The van der Waals surface area contributed by atoms with Crippen LogP contribution in [0.1, 0.15) is 97.8 Å². The van der Waals surface area contributed by atoms with E-state index in [2.05, 4.69) is 20.8 Å². The lowest BCUT2D eigenvalue weighted by Gasteiger charge is -2.18. The Morgan fingerprint density at radius 2 is 0.900 bits per heavy atom. The van der Waals surface area contributed by atoms with Crippen molar-refractivity contribution in [2.75, 3.05) is 18.5 Å². The van der Waals surface area contributed by atoms with Crippen LogP contribution >= 0.6 is 7.49 Å². The van der Waals surface area contributed by atoms with Crippen molar-refractivity contribution in [1.82, 2.24) is 0 Å². The zero-order chi connectivity index (χ0) is 15.1. The molecule has 0 bridgehead atoms. The fourth-order valence-electron chi connectivity index (χ4n) is 2.80. The monoisotopic (exact) mass is 303 g/mol. The van der Waals surface area contributed by atoms with Crippen LogP contribution in [-0.2, 0) is 0 Å². The van der Waals surface area contributed by atoms with Gasteiger partial charge in [-0.25, -0.2) is 0 Å². The van der Waals surface area contributed by atoms with Crippen LogP contribution < -0.4 is 0 Å². The summed E-state index contributed by atoms with van der Waals surface area (Å²) < 4.78 is 0. The van der Waals surface area contributed by atoms with Crippen molar-refractivity contribution in [2.45, 2.75) is 97.8 Å². The smallest absolute Gasteiger partial charge is 0.141 e. The van der Waals surface area contributed by atoms with Gasteiger partial charge < -0.3 is 0 Å². The average molecular weight is 303 g/mol. The van der Waals surface area contributed by atoms with Gasteiger partial charge in [-0.15, -0.1) is 0 Å². The molecule has 0 aliphatic rings. The highest BCUT2D eigenvalue weighted by Crippen LogP contribution is 2.55. The van der Waals surface area contributed by atoms with Gasteiger partial charge >= 0.3 is 0 Å². The van der Waals surface area contributed by atoms with Crippen LogP contribution in [0.5, 0.6) is 0 Å². The van der Waals surface area contributed by atoms with Gasteiger partial charge in [0, 0.05) is 0 Å². The predicted octanol–water partition coefficient (Wildman–Crippen LogP) is 6.65. The maximum Gasteiger partial charge on any atom is 0.141 e.